The number of aryl methyl sites for hydroxylation is 1. The molecule has 82 valence electrons. The van der Waals surface area contributed by atoms with E-state index in [0.717, 1.165) is 22.3 Å². The fraction of sp³-hybridized carbons (Fsp3) is 0.154. The highest BCUT2D eigenvalue weighted by Gasteiger charge is 2.05. The van der Waals surface area contributed by atoms with Crippen LogP contribution in [0.5, 0.6) is 0 Å². The van der Waals surface area contributed by atoms with Crippen LogP contribution in [0.2, 0.25) is 5.02 Å². The van der Waals surface area contributed by atoms with Crippen molar-refractivity contribution in [2.45, 2.75) is 13.5 Å². The number of halogens is 1. The summed E-state index contributed by atoms with van der Waals surface area (Å²) in [6.45, 7) is 1.97. The van der Waals surface area contributed by atoms with E-state index in [1.807, 2.05) is 25.1 Å². The molecule has 3 heteroatoms. The Bertz CT molecular complexity index is 511. The van der Waals surface area contributed by atoms with Crippen molar-refractivity contribution in [1.82, 2.24) is 4.98 Å². The topological polar surface area (TPSA) is 33.1 Å². The zero-order valence-corrected chi connectivity index (χ0v) is 9.70. The molecule has 1 aromatic heterocycles. The van der Waals surface area contributed by atoms with Crippen molar-refractivity contribution in [3.8, 4) is 11.1 Å². The summed E-state index contributed by atoms with van der Waals surface area (Å²) in [5.41, 5.74) is 3.89. The van der Waals surface area contributed by atoms with E-state index in [4.69, 9.17) is 11.6 Å². The Labute approximate surface area is 99.5 Å². The molecule has 0 atom stereocenters. The highest BCUT2D eigenvalue weighted by Crippen LogP contribution is 2.26. The zero-order chi connectivity index (χ0) is 11.5. The summed E-state index contributed by atoms with van der Waals surface area (Å²) in [6.07, 6.45) is 3.59. The molecule has 16 heavy (non-hydrogen) atoms. The average Bonchev–Trinajstić information content (AvgIpc) is 2.28. The monoisotopic (exact) mass is 233 g/mol. The fourth-order valence-electron chi connectivity index (χ4n) is 1.68. The van der Waals surface area contributed by atoms with Crippen LogP contribution >= 0.6 is 11.6 Å². The molecule has 1 aromatic carbocycles. The smallest absolute Gasteiger partial charge is 0.0688 e. The maximum atomic E-state index is 9.29. The second-order valence-corrected chi connectivity index (χ2v) is 4.15. The standard InChI is InChI=1S/C13H12ClNO/c1-9-4-10(7-15-6-9)13-3-2-12(14)5-11(13)8-16/h2-7,16H,8H2,1H3. The third kappa shape index (κ3) is 2.23. The first-order chi connectivity index (χ1) is 7.70. The van der Waals surface area contributed by atoms with E-state index in [2.05, 4.69) is 4.98 Å². The minimum absolute atomic E-state index is 0.0240. The molecule has 0 saturated heterocycles. The van der Waals surface area contributed by atoms with Crippen molar-refractivity contribution in [1.29, 1.82) is 0 Å². The first kappa shape index (κ1) is 11.1. The summed E-state index contributed by atoms with van der Waals surface area (Å²) in [5, 5.41) is 9.93. The van der Waals surface area contributed by atoms with Crippen LogP contribution in [-0.4, -0.2) is 10.1 Å². The molecule has 0 radical (unpaired) electrons. The van der Waals surface area contributed by atoms with Gasteiger partial charge in [0.25, 0.3) is 0 Å². The maximum absolute atomic E-state index is 9.29. The Morgan fingerprint density at radius 3 is 2.75 bits per heavy atom. The molecule has 0 spiro atoms. The van der Waals surface area contributed by atoms with E-state index in [-0.39, 0.29) is 6.61 Å². The summed E-state index contributed by atoms with van der Waals surface area (Å²) in [7, 11) is 0. The van der Waals surface area contributed by atoms with E-state index >= 15 is 0 Å². The number of aromatic nitrogens is 1. The third-order valence-corrected chi connectivity index (χ3v) is 2.66. The lowest BCUT2D eigenvalue weighted by Crippen LogP contribution is -1.90. The molecule has 0 amide bonds. The van der Waals surface area contributed by atoms with Gasteiger partial charge < -0.3 is 5.11 Å². The highest BCUT2D eigenvalue weighted by atomic mass is 35.5. The summed E-state index contributed by atoms with van der Waals surface area (Å²) in [5.74, 6) is 0. The normalized spacial score (nSPS) is 10.4. The van der Waals surface area contributed by atoms with Gasteiger partial charge in [0, 0.05) is 23.0 Å². The van der Waals surface area contributed by atoms with Crippen molar-refractivity contribution in [3.63, 3.8) is 0 Å². The van der Waals surface area contributed by atoms with Gasteiger partial charge in [0.2, 0.25) is 0 Å². The minimum Gasteiger partial charge on any atom is -0.392 e. The average molecular weight is 234 g/mol. The third-order valence-electron chi connectivity index (χ3n) is 2.42. The van der Waals surface area contributed by atoms with Gasteiger partial charge in [-0.1, -0.05) is 17.7 Å². The van der Waals surface area contributed by atoms with Crippen LogP contribution in [0.25, 0.3) is 11.1 Å². The van der Waals surface area contributed by atoms with Crippen molar-refractivity contribution < 1.29 is 5.11 Å². The van der Waals surface area contributed by atoms with Gasteiger partial charge in [-0.3, -0.25) is 4.98 Å². The van der Waals surface area contributed by atoms with Gasteiger partial charge in [-0.15, -0.1) is 0 Å². The summed E-state index contributed by atoms with van der Waals surface area (Å²) < 4.78 is 0. The van der Waals surface area contributed by atoms with Gasteiger partial charge >= 0.3 is 0 Å². The van der Waals surface area contributed by atoms with Crippen LogP contribution in [0.1, 0.15) is 11.1 Å². The van der Waals surface area contributed by atoms with E-state index in [9.17, 15) is 5.11 Å². The number of pyridine rings is 1. The second-order valence-electron chi connectivity index (χ2n) is 3.71. The highest BCUT2D eigenvalue weighted by molar-refractivity contribution is 6.30. The molecule has 0 fully saturated rings. The summed E-state index contributed by atoms with van der Waals surface area (Å²) >= 11 is 5.89. The molecule has 0 aliphatic heterocycles. The predicted octanol–water partition coefficient (Wildman–Crippen LogP) is 3.20. The quantitative estimate of drug-likeness (QED) is 0.864. The first-order valence-electron chi connectivity index (χ1n) is 5.02. The van der Waals surface area contributed by atoms with Crippen LogP contribution in [0.4, 0.5) is 0 Å². The molecule has 0 bridgehead atoms. The molecular formula is C13H12ClNO. The van der Waals surface area contributed by atoms with Gasteiger partial charge in [0.15, 0.2) is 0 Å². The van der Waals surface area contributed by atoms with Gasteiger partial charge in [0.1, 0.15) is 0 Å². The lowest BCUT2D eigenvalue weighted by molar-refractivity contribution is 0.282. The number of nitrogens with zero attached hydrogens (tertiary/aromatic N) is 1. The van der Waals surface area contributed by atoms with E-state index in [1.54, 1.807) is 18.5 Å². The van der Waals surface area contributed by atoms with Gasteiger partial charge in [0.05, 0.1) is 6.61 Å². The van der Waals surface area contributed by atoms with Crippen LogP contribution in [0.3, 0.4) is 0 Å². The maximum Gasteiger partial charge on any atom is 0.0688 e. The van der Waals surface area contributed by atoms with E-state index in [0.29, 0.717) is 5.02 Å². The van der Waals surface area contributed by atoms with E-state index in [1.165, 1.54) is 0 Å². The Hall–Kier alpha value is -1.38. The summed E-state index contributed by atoms with van der Waals surface area (Å²) in [4.78, 5) is 4.14. The number of benzene rings is 1. The van der Waals surface area contributed by atoms with Crippen LogP contribution in [0, 0.1) is 6.92 Å². The first-order valence-corrected chi connectivity index (χ1v) is 5.40. The van der Waals surface area contributed by atoms with Crippen LogP contribution in [0.15, 0.2) is 36.7 Å². The molecular weight excluding hydrogens is 222 g/mol. The van der Waals surface area contributed by atoms with Crippen molar-refractivity contribution in [2.75, 3.05) is 0 Å². The van der Waals surface area contributed by atoms with Crippen LogP contribution < -0.4 is 0 Å². The summed E-state index contributed by atoms with van der Waals surface area (Å²) in [6, 6.07) is 7.54. The largest absolute Gasteiger partial charge is 0.392 e. The fourth-order valence-corrected chi connectivity index (χ4v) is 1.87. The van der Waals surface area contributed by atoms with Gasteiger partial charge in [-0.2, -0.15) is 0 Å². The molecule has 2 nitrogen and oxygen atoms in total. The molecule has 1 heterocycles. The molecule has 0 saturated carbocycles. The number of hydrogen-bond acceptors (Lipinski definition) is 2. The number of aliphatic hydroxyl groups excluding tert-OH is 1. The molecule has 2 aromatic rings. The Balaban J connectivity index is 2.55. The zero-order valence-electron chi connectivity index (χ0n) is 8.94. The Morgan fingerprint density at radius 2 is 2.06 bits per heavy atom. The van der Waals surface area contributed by atoms with Crippen molar-refractivity contribution >= 4 is 11.6 Å². The number of hydrogen-bond donors (Lipinski definition) is 1. The molecule has 0 aliphatic carbocycles. The lowest BCUT2D eigenvalue weighted by Gasteiger charge is -2.08. The van der Waals surface area contributed by atoms with E-state index < -0.39 is 0 Å². The molecule has 0 aliphatic rings. The van der Waals surface area contributed by atoms with Gasteiger partial charge in [-0.05, 0) is 41.8 Å². The minimum atomic E-state index is -0.0240. The SMILES string of the molecule is Cc1cncc(-c2ccc(Cl)cc2CO)c1. The second kappa shape index (κ2) is 4.64. The van der Waals surface area contributed by atoms with Crippen molar-refractivity contribution in [2.24, 2.45) is 0 Å². The van der Waals surface area contributed by atoms with Crippen LogP contribution in [-0.2, 0) is 6.61 Å². The molecule has 2 rings (SSSR count). The predicted molar refractivity (Wildman–Crippen MR) is 65.3 cm³/mol. The Kier molecular flexibility index (Phi) is 3.22. The Morgan fingerprint density at radius 1 is 1.25 bits per heavy atom. The van der Waals surface area contributed by atoms with Crippen molar-refractivity contribution in [3.05, 3.63) is 52.8 Å². The number of rotatable bonds is 2. The molecule has 1 N–H and O–H groups in total. The lowest BCUT2D eigenvalue weighted by atomic mass is 10.0. The number of aliphatic hydroxyl groups is 1. The molecule has 0 unspecified atom stereocenters. The van der Waals surface area contributed by atoms with Gasteiger partial charge in [-0.25, -0.2) is 0 Å².